The van der Waals surface area contributed by atoms with Crippen LogP contribution in [0.1, 0.15) is 35.5 Å². The monoisotopic (exact) mass is 492 g/mol. The summed E-state index contributed by atoms with van der Waals surface area (Å²) in [6, 6.07) is 11.7. The Labute approximate surface area is 206 Å². The van der Waals surface area contributed by atoms with E-state index in [9.17, 15) is 19.7 Å². The topological polar surface area (TPSA) is 145 Å². The fourth-order valence-electron chi connectivity index (χ4n) is 3.58. The Balaban J connectivity index is 1.40. The van der Waals surface area contributed by atoms with E-state index >= 15 is 0 Å². The predicted molar refractivity (Wildman–Crippen MR) is 130 cm³/mol. The minimum absolute atomic E-state index is 0.0444. The van der Waals surface area contributed by atoms with E-state index in [4.69, 9.17) is 13.9 Å². The number of benzene rings is 2. The standard InChI is InChI=1S/C25H24N4O7/c1-14(2)23(27-24(30)16-5-8-21-22(10-16)35-13-34-21)25(31)28-26-12-18-7-9-20(36-18)19-11-17(29(32)33)6-4-15(19)3/h4-12,14,23H,13H2,1-3H3,(H,27,30)(H,28,31)/b26-12+/t23-/m1/s1. The number of amides is 2. The third-order valence-corrected chi connectivity index (χ3v) is 5.56. The Morgan fingerprint density at radius 3 is 2.61 bits per heavy atom. The number of carbonyl (C=O) groups is 2. The van der Waals surface area contributed by atoms with Crippen LogP contribution >= 0.6 is 0 Å². The summed E-state index contributed by atoms with van der Waals surface area (Å²) in [5.41, 5.74) is 4.10. The van der Waals surface area contributed by atoms with Crippen molar-refractivity contribution < 1.29 is 28.4 Å². The van der Waals surface area contributed by atoms with Crippen LogP contribution in [0.5, 0.6) is 11.5 Å². The van der Waals surface area contributed by atoms with Gasteiger partial charge in [-0.3, -0.25) is 19.7 Å². The molecule has 11 nitrogen and oxygen atoms in total. The zero-order chi connectivity index (χ0) is 25.8. The lowest BCUT2D eigenvalue weighted by molar-refractivity contribution is -0.384. The summed E-state index contributed by atoms with van der Waals surface area (Å²) in [4.78, 5) is 36.0. The highest BCUT2D eigenvalue weighted by Crippen LogP contribution is 2.32. The van der Waals surface area contributed by atoms with Crippen molar-refractivity contribution in [1.82, 2.24) is 10.7 Å². The Morgan fingerprint density at radius 1 is 1.08 bits per heavy atom. The number of hydrazone groups is 1. The first-order valence-corrected chi connectivity index (χ1v) is 11.1. The van der Waals surface area contributed by atoms with E-state index in [1.165, 1.54) is 18.3 Å². The average Bonchev–Trinajstić information content (AvgIpc) is 3.51. The van der Waals surface area contributed by atoms with E-state index in [2.05, 4.69) is 15.8 Å². The van der Waals surface area contributed by atoms with E-state index in [0.29, 0.717) is 34.1 Å². The van der Waals surface area contributed by atoms with E-state index in [-0.39, 0.29) is 18.4 Å². The summed E-state index contributed by atoms with van der Waals surface area (Å²) in [6.07, 6.45) is 1.31. The molecule has 0 aliphatic carbocycles. The molecule has 11 heteroatoms. The third kappa shape index (κ3) is 5.35. The second-order valence-electron chi connectivity index (χ2n) is 8.46. The van der Waals surface area contributed by atoms with Crippen molar-refractivity contribution in [3.8, 4) is 22.8 Å². The molecule has 2 amide bonds. The Bertz CT molecular complexity index is 1350. The van der Waals surface area contributed by atoms with Crippen molar-refractivity contribution in [2.24, 2.45) is 11.0 Å². The first kappa shape index (κ1) is 24.5. The van der Waals surface area contributed by atoms with E-state index < -0.39 is 22.8 Å². The number of carbonyl (C=O) groups excluding carboxylic acids is 2. The van der Waals surface area contributed by atoms with Crippen LogP contribution in [0.3, 0.4) is 0 Å². The van der Waals surface area contributed by atoms with Crippen LogP contribution < -0.4 is 20.2 Å². The predicted octanol–water partition coefficient (Wildman–Crippen LogP) is 3.80. The second-order valence-corrected chi connectivity index (χ2v) is 8.46. The second kappa shape index (κ2) is 10.3. The van der Waals surface area contributed by atoms with Crippen molar-refractivity contribution in [2.75, 3.05) is 6.79 Å². The van der Waals surface area contributed by atoms with Gasteiger partial charge in [0.1, 0.15) is 17.6 Å². The van der Waals surface area contributed by atoms with Crippen LogP contribution in [0.4, 0.5) is 5.69 Å². The maximum Gasteiger partial charge on any atom is 0.270 e. The molecule has 0 radical (unpaired) electrons. The molecule has 2 heterocycles. The number of furan rings is 1. The fraction of sp³-hybridized carbons (Fsp3) is 0.240. The molecule has 36 heavy (non-hydrogen) atoms. The van der Waals surface area contributed by atoms with Crippen molar-refractivity contribution >= 4 is 23.7 Å². The Hall–Kier alpha value is -4.67. The van der Waals surface area contributed by atoms with Gasteiger partial charge in [-0.25, -0.2) is 5.43 Å². The fourth-order valence-corrected chi connectivity index (χ4v) is 3.58. The van der Waals surface area contributed by atoms with Crippen LogP contribution in [0.2, 0.25) is 0 Å². The van der Waals surface area contributed by atoms with Crippen LogP contribution in [0.25, 0.3) is 11.3 Å². The number of hydrogen-bond acceptors (Lipinski definition) is 8. The number of non-ortho nitro benzene ring substituents is 1. The molecule has 3 aromatic rings. The van der Waals surface area contributed by atoms with Crippen molar-refractivity contribution in [3.05, 3.63) is 75.5 Å². The molecule has 4 rings (SSSR count). The van der Waals surface area contributed by atoms with E-state index in [0.717, 1.165) is 5.56 Å². The van der Waals surface area contributed by atoms with Crippen molar-refractivity contribution in [2.45, 2.75) is 26.8 Å². The Morgan fingerprint density at radius 2 is 1.86 bits per heavy atom. The molecular formula is C25H24N4O7. The molecule has 0 unspecified atom stereocenters. The number of nitro benzene ring substituents is 1. The zero-order valence-electron chi connectivity index (χ0n) is 19.8. The number of ether oxygens (including phenoxy) is 2. The molecule has 1 aliphatic rings. The highest BCUT2D eigenvalue weighted by Gasteiger charge is 2.25. The Kier molecular flexibility index (Phi) is 7.00. The van der Waals surface area contributed by atoms with Gasteiger partial charge in [0.05, 0.1) is 11.1 Å². The minimum atomic E-state index is -0.847. The quantitative estimate of drug-likeness (QED) is 0.276. The maximum absolute atomic E-state index is 12.7. The molecular weight excluding hydrogens is 468 g/mol. The lowest BCUT2D eigenvalue weighted by Gasteiger charge is -2.20. The zero-order valence-corrected chi connectivity index (χ0v) is 19.8. The van der Waals surface area contributed by atoms with Gasteiger partial charge < -0.3 is 19.2 Å². The first-order valence-electron chi connectivity index (χ1n) is 11.1. The van der Waals surface area contributed by atoms with Crippen LogP contribution in [-0.4, -0.2) is 35.8 Å². The molecule has 186 valence electrons. The van der Waals surface area contributed by atoms with Gasteiger partial charge in [0.15, 0.2) is 11.5 Å². The van der Waals surface area contributed by atoms with Gasteiger partial charge in [-0.15, -0.1) is 0 Å². The van der Waals surface area contributed by atoms with Gasteiger partial charge >= 0.3 is 0 Å². The highest BCUT2D eigenvalue weighted by atomic mass is 16.7. The van der Waals surface area contributed by atoms with Gasteiger partial charge in [0.25, 0.3) is 17.5 Å². The number of rotatable bonds is 8. The van der Waals surface area contributed by atoms with Crippen LogP contribution in [0.15, 0.2) is 58.0 Å². The average molecular weight is 492 g/mol. The maximum atomic E-state index is 12.7. The summed E-state index contributed by atoms with van der Waals surface area (Å²) in [6.45, 7) is 5.51. The summed E-state index contributed by atoms with van der Waals surface area (Å²) in [5, 5.41) is 17.7. The van der Waals surface area contributed by atoms with Crippen molar-refractivity contribution in [1.29, 1.82) is 0 Å². The van der Waals surface area contributed by atoms with Gasteiger partial charge in [-0.1, -0.05) is 19.9 Å². The summed E-state index contributed by atoms with van der Waals surface area (Å²) >= 11 is 0. The third-order valence-electron chi connectivity index (χ3n) is 5.56. The normalized spacial score (nSPS) is 13.1. The molecule has 0 saturated carbocycles. The van der Waals surface area contributed by atoms with Gasteiger partial charge in [-0.2, -0.15) is 5.10 Å². The molecule has 1 aromatic heterocycles. The van der Waals surface area contributed by atoms with Crippen LogP contribution in [-0.2, 0) is 4.79 Å². The lowest BCUT2D eigenvalue weighted by atomic mass is 10.0. The van der Waals surface area contributed by atoms with Crippen LogP contribution in [0, 0.1) is 23.0 Å². The van der Waals surface area contributed by atoms with Gasteiger partial charge in [0, 0.05) is 23.3 Å². The van der Waals surface area contributed by atoms with E-state index in [1.54, 1.807) is 50.2 Å². The van der Waals surface area contributed by atoms with Crippen molar-refractivity contribution in [3.63, 3.8) is 0 Å². The summed E-state index contributed by atoms with van der Waals surface area (Å²) in [5.74, 6) is 0.634. The van der Waals surface area contributed by atoms with Gasteiger partial charge in [-0.05, 0) is 48.7 Å². The number of nitrogens with one attached hydrogen (secondary N) is 2. The number of nitrogens with zero attached hydrogens (tertiary/aromatic N) is 2. The molecule has 2 aromatic carbocycles. The summed E-state index contributed by atoms with van der Waals surface area (Å²) < 4.78 is 16.3. The molecule has 0 saturated heterocycles. The molecule has 0 spiro atoms. The smallest absolute Gasteiger partial charge is 0.270 e. The first-order chi connectivity index (χ1) is 17.2. The van der Waals surface area contributed by atoms with E-state index in [1.807, 2.05) is 6.92 Å². The number of fused-ring (bicyclic) bond motifs is 1. The molecule has 1 aliphatic heterocycles. The molecule has 2 N–H and O–H groups in total. The highest BCUT2D eigenvalue weighted by molar-refractivity contribution is 5.98. The number of aryl methyl sites for hydroxylation is 1. The van der Waals surface area contributed by atoms with Gasteiger partial charge in [0.2, 0.25) is 6.79 Å². The minimum Gasteiger partial charge on any atom is -0.455 e. The molecule has 1 atom stereocenters. The molecule has 0 bridgehead atoms. The number of hydrogen-bond donors (Lipinski definition) is 2. The lowest BCUT2D eigenvalue weighted by Crippen LogP contribution is -2.48. The summed E-state index contributed by atoms with van der Waals surface area (Å²) in [7, 11) is 0. The molecule has 0 fully saturated rings. The largest absolute Gasteiger partial charge is 0.455 e. The number of nitro groups is 1. The SMILES string of the molecule is Cc1ccc([N+](=O)[O-])cc1-c1ccc(/C=N/NC(=O)[C@H](NC(=O)c2ccc3c(c2)OCO3)C(C)C)o1.